The number of methoxy groups -OCH3 is 1. The van der Waals surface area contributed by atoms with Crippen LogP contribution in [-0.2, 0) is 15.6 Å². The molecule has 156 valence electrons. The monoisotopic (exact) mass is 452 g/mol. The van der Waals surface area contributed by atoms with Gasteiger partial charge in [0.05, 0.1) is 23.4 Å². The van der Waals surface area contributed by atoms with Gasteiger partial charge in [-0.25, -0.2) is 22.0 Å². The lowest BCUT2D eigenvalue weighted by atomic mass is 10.0. The maximum absolute atomic E-state index is 14.4. The Morgan fingerprint density at radius 3 is 2.33 bits per heavy atom. The van der Waals surface area contributed by atoms with Gasteiger partial charge < -0.3 is 9.84 Å². The number of hydrogen-bond donors (Lipinski definition) is 1. The van der Waals surface area contributed by atoms with Crippen LogP contribution in [0.3, 0.4) is 0 Å². The fourth-order valence-electron chi connectivity index (χ4n) is 2.95. The second-order valence-electron chi connectivity index (χ2n) is 6.34. The highest BCUT2D eigenvalue weighted by Gasteiger charge is 2.26. The number of aromatic carboxylic acids is 1. The average Bonchev–Trinajstić information content (AvgIpc) is 2.69. The van der Waals surface area contributed by atoms with Crippen molar-refractivity contribution in [2.75, 3.05) is 7.11 Å². The van der Waals surface area contributed by atoms with E-state index in [1.807, 2.05) is 0 Å². The third-order valence-electron chi connectivity index (χ3n) is 4.36. The van der Waals surface area contributed by atoms with E-state index in [1.165, 1.54) is 7.11 Å². The summed E-state index contributed by atoms with van der Waals surface area (Å²) in [4.78, 5) is 10.8. The number of carboxylic acid groups (broad SMARTS) is 1. The quantitative estimate of drug-likeness (QED) is 0.571. The zero-order valence-corrected chi connectivity index (χ0v) is 17.1. The molecule has 0 aromatic heterocycles. The highest BCUT2D eigenvalue weighted by molar-refractivity contribution is 7.90. The van der Waals surface area contributed by atoms with E-state index in [1.54, 1.807) is 30.3 Å². The van der Waals surface area contributed by atoms with E-state index in [4.69, 9.17) is 16.3 Å². The third kappa shape index (κ3) is 4.29. The van der Waals surface area contributed by atoms with Gasteiger partial charge in [-0.3, -0.25) is 0 Å². The van der Waals surface area contributed by atoms with Crippen LogP contribution in [0.2, 0.25) is 5.02 Å². The van der Waals surface area contributed by atoms with Gasteiger partial charge in [-0.05, 0) is 23.8 Å². The Morgan fingerprint density at radius 1 is 1.07 bits per heavy atom. The fourth-order valence-corrected chi connectivity index (χ4v) is 4.87. The van der Waals surface area contributed by atoms with E-state index in [2.05, 4.69) is 0 Å². The first kappa shape index (κ1) is 21.7. The summed E-state index contributed by atoms with van der Waals surface area (Å²) in [7, 11) is -3.13. The van der Waals surface area contributed by atoms with Crippen LogP contribution in [0.4, 0.5) is 8.78 Å². The third-order valence-corrected chi connectivity index (χ3v) is 6.31. The van der Waals surface area contributed by atoms with Crippen molar-refractivity contribution in [2.45, 2.75) is 10.6 Å². The maximum atomic E-state index is 14.4. The summed E-state index contributed by atoms with van der Waals surface area (Å²) in [6.07, 6.45) is 0. The van der Waals surface area contributed by atoms with Gasteiger partial charge in [0.2, 0.25) is 0 Å². The second kappa shape index (κ2) is 8.41. The van der Waals surface area contributed by atoms with Crippen molar-refractivity contribution in [1.82, 2.24) is 0 Å². The molecule has 9 heteroatoms. The minimum Gasteiger partial charge on any atom is -0.494 e. The first-order valence-electron chi connectivity index (χ1n) is 8.51. The Morgan fingerprint density at radius 2 is 1.73 bits per heavy atom. The van der Waals surface area contributed by atoms with Crippen LogP contribution in [0, 0.1) is 11.6 Å². The zero-order chi connectivity index (χ0) is 22.1. The lowest BCUT2D eigenvalue weighted by Crippen LogP contribution is -2.11. The highest BCUT2D eigenvalue weighted by Crippen LogP contribution is 2.36. The van der Waals surface area contributed by atoms with Crippen LogP contribution >= 0.6 is 11.6 Å². The number of benzene rings is 3. The number of rotatable bonds is 6. The van der Waals surface area contributed by atoms with E-state index in [9.17, 15) is 27.1 Å². The summed E-state index contributed by atoms with van der Waals surface area (Å²) in [5, 5.41) is 8.97. The molecule has 0 atom stereocenters. The molecule has 0 amide bonds. The molecule has 0 aliphatic rings. The van der Waals surface area contributed by atoms with Crippen molar-refractivity contribution >= 4 is 27.4 Å². The van der Waals surface area contributed by atoms with Gasteiger partial charge in [-0.1, -0.05) is 41.9 Å². The van der Waals surface area contributed by atoms with Gasteiger partial charge in [0.25, 0.3) is 0 Å². The standard InChI is InChI=1S/C21H15ClF2O5S/c1-29-20-16(22)8-13(21(25)26)9-19(20)30(27,28)11-14-7-15(18(24)10-17(14)23)12-5-3-2-4-6-12/h2-10H,11H2,1H3,(H,25,26). The molecule has 3 rings (SSSR count). The van der Waals surface area contributed by atoms with Crippen LogP contribution < -0.4 is 4.74 Å². The van der Waals surface area contributed by atoms with Crippen molar-refractivity contribution in [3.05, 3.63) is 82.4 Å². The first-order valence-corrected chi connectivity index (χ1v) is 10.5. The van der Waals surface area contributed by atoms with Crippen molar-refractivity contribution in [2.24, 2.45) is 0 Å². The molecule has 0 aliphatic heterocycles. The Hall–Kier alpha value is -2.97. The minimum absolute atomic E-state index is 0.0338. The topological polar surface area (TPSA) is 80.7 Å². The highest BCUT2D eigenvalue weighted by atomic mass is 35.5. The minimum atomic E-state index is -4.30. The van der Waals surface area contributed by atoms with Crippen molar-refractivity contribution in [1.29, 1.82) is 0 Å². The van der Waals surface area contributed by atoms with E-state index in [-0.39, 0.29) is 27.5 Å². The van der Waals surface area contributed by atoms with Crippen LogP contribution in [0.25, 0.3) is 11.1 Å². The molecular weight excluding hydrogens is 438 g/mol. The van der Waals surface area contributed by atoms with Crippen molar-refractivity contribution in [3.63, 3.8) is 0 Å². The summed E-state index contributed by atoms with van der Waals surface area (Å²) < 4.78 is 59.7. The maximum Gasteiger partial charge on any atom is 0.335 e. The number of carboxylic acids is 1. The average molecular weight is 453 g/mol. The van der Waals surface area contributed by atoms with E-state index < -0.39 is 38.1 Å². The molecular formula is C21H15ClF2O5S. The Balaban J connectivity index is 2.12. The molecule has 0 aliphatic carbocycles. The largest absolute Gasteiger partial charge is 0.494 e. The van der Waals surface area contributed by atoms with Gasteiger partial charge in [-0.2, -0.15) is 0 Å². The molecule has 0 unspecified atom stereocenters. The zero-order valence-electron chi connectivity index (χ0n) is 15.5. The predicted molar refractivity (Wildman–Crippen MR) is 108 cm³/mol. The predicted octanol–water partition coefficient (Wildman–Crippen LogP) is 4.97. The van der Waals surface area contributed by atoms with Crippen LogP contribution in [0.1, 0.15) is 15.9 Å². The summed E-state index contributed by atoms with van der Waals surface area (Å²) in [5.74, 6) is -4.39. The number of sulfone groups is 1. The van der Waals surface area contributed by atoms with E-state index in [0.29, 0.717) is 11.6 Å². The summed E-state index contributed by atoms with van der Waals surface area (Å²) >= 11 is 5.97. The molecule has 0 bridgehead atoms. The van der Waals surface area contributed by atoms with Crippen molar-refractivity contribution < 1.29 is 31.8 Å². The second-order valence-corrected chi connectivity index (χ2v) is 8.71. The molecule has 30 heavy (non-hydrogen) atoms. The van der Waals surface area contributed by atoms with Gasteiger partial charge in [0, 0.05) is 17.2 Å². The van der Waals surface area contributed by atoms with Crippen molar-refractivity contribution in [3.8, 4) is 16.9 Å². The van der Waals surface area contributed by atoms with Crippen LogP contribution in [0.15, 0.2) is 59.5 Å². The molecule has 3 aromatic rings. The van der Waals surface area contributed by atoms with Gasteiger partial charge in [-0.15, -0.1) is 0 Å². The Labute approximate surface area is 176 Å². The summed E-state index contributed by atoms with van der Waals surface area (Å²) in [6, 6.07) is 11.9. The molecule has 1 N–H and O–H groups in total. The summed E-state index contributed by atoms with van der Waals surface area (Å²) in [5.41, 5.74) is -0.174. The lowest BCUT2D eigenvalue weighted by Gasteiger charge is -2.14. The van der Waals surface area contributed by atoms with E-state index in [0.717, 1.165) is 18.2 Å². The SMILES string of the molecule is COc1c(Cl)cc(C(=O)O)cc1S(=O)(=O)Cc1cc(-c2ccccc2)c(F)cc1F. The molecule has 0 saturated heterocycles. The number of halogens is 3. The summed E-state index contributed by atoms with van der Waals surface area (Å²) in [6.45, 7) is 0. The molecule has 0 spiro atoms. The molecule has 0 radical (unpaired) electrons. The van der Waals surface area contributed by atoms with Crippen LogP contribution in [-0.4, -0.2) is 26.6 Å². The van der Waals surface area contributed by atoms with Gasteiger partial charge in [0.15, 0.2) is 15.6 Å². The Kier molecular flexibility index (Phi) is 6.09. The number of hydrogen-bond acceptors (Lipinski definition) is 4. The molecule has 0 saturated carbocycles. The Bertz CT molecular complexity index is 1230. The smallest absolute Gasteiger partial charge is 0.335 e. The normalized spacial score (nSPS) is 11.3. The number of carbonyl (C=O) groups is 1. The molecule has 0 fully saturated rings. The lowest BCUT2D eigenvalue weighted by molar-refractivity contribution is 0.0696. The first-order chi connectivity index (χ1) is 14.1. The molecule has 0 heterocycles. The van der Waals surface area contributed by atoms with Crippen LogP contribution in [0.5, 0.6) is 5.75 Å². The molecule has 3 aromatic carbocycles. The number of ether oxygens (including phenoxy) is 1. The van der Waals surface area contributed by atoms with E-state index >= 15 is 0 Å². The van der Waals surface area contributed by atoms with Gasteiger partial charge >= 0.3 is 5.97 Å². The van der Waals surface area contributed by atoms with Gasteiger partial charge in [0.1, 0.15) is 16.5 Å². The molecule has 5 nitrogen and oxygen atoms in total. The fraction of sp³-hybridized carbons (Fsp3) is 0.0952.